The summed E-state index contributed by atoms with van der Waals surface area (Å²) in [6.45, 7) is 3.16. The van der Waals surface area contributed by atoms with Crippen molar-refractivity contribution >= 4 is 11.6 Å². The zero-order valence-electron chi connectivity index (χ0n) is 8.27. The summed E-state index contributed by atoms with van der Waals surface area (Å²) in [7, 11) is 1.38. The van der Waals surface area contributed by atoms with E-state index < -0.39 is 11.4 Å². The summed E-state index contributed by atoms with van der Waals surface area (Å²) in [4.78, 5) is 0. The van der Waals surface area contributed by atoms with Crippen LogP contribution < -0.4 is 4.74 Å². The second-order valence-corrected chi connectivity index (χ2v) is 3.88. The quantitative estimate of drug-likeness (QED) is 0.827. The molecule has 0 aromatic heterocycles. The molecule has 0 atom stereocenters. The Hall–Kier alpha value is -0.800. The Balaban J connectivity index is 3.39. The van der Waals surface area contributed by atoms with E-state index in [-0.39, 0.29) is 10.8 Å². The minimum Gasteiger partial charge on any atom is -0.495 e. The summed E-state index contributed by atoms with van der Waals surface area (Å²) in [5.74, 6) is -0.379. The van der Waals surface area contributed by atoms with E-state index in [4.69, 9.17) is 16.3 Å². The van der Waals surface area contributed by atoms with Gasteiger partial charge in [-0.05, 0) is 26.0 Å². The van der Waals surface area contributed by atoms with Crippen molar-refractivity contribution < 1.29 is 14.2 Å². The minimum atomic E-state index is -1.11. The maximum absolute atomic E-state index is 13.0. The van der Waals surface area contributed by atoms with E-state index in [2.05, 4.69) is 0 Å². The summed E-state index contributed by atoms with van der Waals surface area (Å²) in [6.07, 6.45) is 0. The lowest BCUT2D eigenvalue weighted by Crippen LogP contribution is -2.17. The normalized spacial score (nSPS) is 11.6. The van der Waals surface area contributed by atoms with E-state index in [0.717, 1.165) is 0 Å². The van der Waals surface area contributed by atoms with Gasteiger partial charge in [0.2, 0.25) is 0 Å². The summed E-state index contributed by atoms with van der Waals surface area (Å²) >= 11 is 5.69. The van der Waals surface area contributed by atoms with E-state index in [1.54, 1.807) is 13.8 Å². The van der Waals surface area contributed by atoms with Crippen molar-refractivity contribution in [2.24, 2.45) is 0 Å². The standard InChI is InChI=1S/C10H12ClFO2/c1-10(2,13)6-4-5-7(12)8(11)9(6)14-3/h4-5,13H,1-3H3. The Morgan fingerprint density at radius 3 is 2.43 bits per heavy atom. The Bertz CT molecular complexity index is 345. The first-order valence-corrected chi connectivity index (χ1v) is 4.50. The van der Waals surface area contributed by atoms with Crippen LogP contribution in [0.2, 0.25) is 5.02 Å². The Morgan fingerprint density at radius 2 is 2.00 bits per heavy atom. The number of hydrogen-bond acceptors (Lipinski definition) is 2. The molecule has 0 radical (unpaired) electrons. The van der Waals surface area contributed by atoms with Crippen molar-refractivity contribution in [3.8, 4) is 5.75 Å². The van der Waals surface area contributed by atoms with Gasteiger partial charge in [0.1, 0.15) is 16.6 Å². The van der Waals surface area contributed by atoms with Crippen LogP contribution in [0.25, 0.3) is 0 Å². The zero-order valence-corrected chi connectivity index (χ0v) is 9.02. The summed E-state index contributed by atoms with van der Waals surface area (Å²) < 4.78 is 18.0. The highest BCUT2D eigenvalue weighted by Gasteiger charge is 2.24. The van der Waals surface area contributed by atoms with E-state index in [1.165, 1.54) is 19.2 Å². The number of rotatable bonds is 2. The molecular formula is C10H12ClFO2. The van der Waals surface area contributed by atoms with Gasteiger partial charge in [0, 0.05) is 5.56 Å². The van der Waals surface area contributed by atoms with Crippen molar-refractivity contribution in [2.45, 2.75) is 19.4 Å². The van der Waals surface area contributed by atoms with Gasteiger partial charge in [-0.1, -0.05) is 11.6 Å². The van der Waals surface area contributed by atoms with E-state index in [1.807, 2.05) is 0 Å². The van der Waals surface area contributed by atoms with Crippen LogP contribution in [0.1, 0.15) is 19.4 Å². The van der Waals surface area contributed by atoms with Gasteiger partial charge < -0.3 is 9.84 Å². The van der Waals surface area contributed by atoms with Crippen LogP contribution >= 0.6 is 11.6 Å². The Morgan fingerprint density at radius 1 is 1.43 bits per heavy atom. The summed E-state index contributed by atoms with van der Waals surface area (Å²) in [6, 6.07) is 2.66. The molecule has 0 amide bonds. The van der Waals surface area contributed by atoms with Gasteiger partial charge in [0.15, 0.2) is 0 Å². The topological polar surface area (TPSA) is 29.5 Å². The predicted octanol–water partition coefficient (Wildman–Crippen LogP) is 2.72. The summed E-state index contributed by atoms with van der Waals surface area (Å²) in [5, 5.41) is 9.65. The molecule has 1 aromatic carbocycles. The van der Waals surface area contributed by atoms with Crippen LogP contribution in [-0.4, -0.2) is 12.2 Å². The average Bonchev–Trinajstić information content (AvgIpc) is 2.07. The number of methoxy groups -OCH3 is 1. The highest BCUT2D eigenvalue weighted by Crippen LogP contribution is 2.36. The third kappa shape index (κ3) is 1.99. The molecule has 0 aliphatic heterocycles. The predicted molar refractivity (Wildman–Crippen MR) is 53.2 cm³/mol. The molecule has 0 unspecified atom stereocenters. The van der Waals surface area contributed by atoms with Crippen molar-refractivity contribution in [1.29, 1.82) is 0 Å². The fourth-order valence-electron chi connectivity index (χ4n) is 1.21. The molecule has 14 heavy (non-hydrogen) atoms. The molecule has 0 aliphatic carbocycles. The lowest BCUT2D eigenvalue weighted by molar-refractivity contribution is 0.0755. The first-order chi connectivity index (χ1) is 6.38. The lowest BCUT2D eigenvalue weighted by atomic mass is 9.97. The van der Waals surface area contributed by atoms with Crippen LogP contribution in [0.15, 0.2) is 12.1 Å². The van der Waals surface area contributed by atoms with E-state index in [0.29, 0.717) is 5.56 Å². The lowest BCUT2D eigenvalue weighted by Gasteiger charge is -2.21. The fourth-order valence-corrected chi connectivity index (χ4v) is 1.46. The average molecular weight is 219 g/mol. The fraction of sp³-hybridized carbons (Fsp3) is 0.400. The highest BCUT2D eigenvalue weighted by atomic mass is 35.5. The third-order valence-electron chi connectivity index (χ3n) is 1.91. The number of benzene rings is 1. The minimum absolute atomic E-state index is 0.105. The van der Waals surface area contributed by atoms with Crippen molar-refractivity contribution in [2.75, 3.05) is 7.11 Å². The van der Waals surface area contributed by atoms with Crippen molar-refractivity contribution in [3.63, 3.8) is 0 Å². The second kappa shape index (κ2) is 3.75. The molecular weight excluding hydrogens is 207 g/mol. The van der Waals surface area contributed by atoms with E-state index in [9.17, 15) is 9.50 Å². The van der Waals surface area contributed by atoms with Crippen LogP contribution in [0.3, 0.4) is 0 Å². The van der Waals surface area contributed by atoms with Crippen LogP contribution in [0.5, 0.6) is 5.75 Å². The van der Waals surface area contributed by atoms with Gasteiger partial charge in [0.25, 0.3) is 0 Å². The maximum Gasteiger partial charge on any atom is 0.146 e. The molecule has 1 aromatic rings. The third-order valence-corrected chi connectivity index (χ3v) is 2.27. The SMILES string of the molecule is COc1c(C(C)(C)O)ccc(F)c1Cl. The first kappa shape index (κ1) is 11.3. The second-order valence-electron chi connectivity index (χ2n) is 3.50. The van der Waals surface area contributed by atoms with Crippen molar-refractivity contribution in [3.05, 3.63) is 28.5 Å². The molecule has 0 saturated carbocycles. The monoisotopic (exact) mass is 218 g/mol. The molecule has 1 rings (SSSR count). The van der Waals surface area contributed by atoms with Crippen molar-refractivity contribution in [1.82, 2.24) is 0 Å². The molecule has 0 spiro atoms. The molecule has 2 nitrogen and oxygen atoms in total. The van der Waals surface area contributed by atoms with Crippen LogP contribution in [-0.2, 0) is 5.60 Å². The smallest absolute Gasteiger partial charge is 0.146 e. The van der Waals surface area contributed by atoms with Gasteiger partial charge in [-0.3, -0.25) is 0 Å². The Labute approximate surface area is 87.3 Å². The van der Waals surface area contributed by atoms with Crippen LogP contribution in [0.4, 0.5) is 4.39 Å². The van der Waals surface area contributed by atoms with E-state index >= 15 is 0 Å². The molecule has 78 valence electrons. The molecule has 0 bridgehead atoms. The molecule has 0 aliphatic rings. The number of halogens is 2. The van der Waals surface area contributed by atoms with Gasteiger partial charge in [0.05, 0.1) is 12.7 Å². The number of aliphatic hydroxyl groups is 1. The zero-order chi connectivity index (χ0) is 10.9. The molecule has 0 saturated heterocycles. The molecule has 4 heteroatoms. The largest absolute Gasteiger partial charge is 0.495 e. The van der Waals surface area contributed by atoms with Gasteiger partial charge in [-0.2, -0.15) is 0 Å². The number of ether oxygens (including phenoxy) is 1. The summed E-state index contributed by atoms with van der Waals surface area (Å²) in [5.41, 5.74) is -0.644. The Kier molecular flexibility index (Phi) is 3.02. The number of hydrogen-bond donors (Lipinski definition) is 1. The van der Waals surface area contributed by atoms with Gasteiger partial charge in [-0.25, -0.2) is 4.39 Å². The molecule has 1 N–H and O–H groups in total. The molecule has 0 heterocycles. The highest BCUT2D eigenvalue weighted by molar-refractivity contribution is 6.32. The van der Waals surface area contributed by atoms with Crippen LogP contribution in [0, 0.1) is 5.82 Å². The van der Waals surface area contributed by atoms with Gasteiger partial charge in [-0.15, -0.1) is 0 Å². The first-order valence-electron chi connectivity index (χ1n) is 4.12. The molecule has 0 fully saturated rings. The van der Waals surface area contributed by atoms with Gasteiger partial charge >= 0.3 is 0 Å². The maximum atomic E-state index is 13.0.